The van der Waals surface area contributed by atoms with Gasteiger partial charge < -0.3 is 10.8 Å². The molecule has 0 saturated heterocycles. The van der Waals surface area contributed by atoms with Crippen LogP contribution in [0.4, 0.5) is 0 Å². The zero-order valence-electron chi connectivity index (χ0n) is 7.88. The topological polar surface area (TPSA) is 63.3 Å². The fraction of sp³-hybridized carbons (Fsp3) is 0.900. The lowest BCUT2D eigenvalue weighted by Crippen LogP contribution is -2.47. The summed E-state index contributed by atoms with van der Waals surface area (Å²) in [6.07, 6.45) is 4.56. The molecular formula is C10H17NO2. The average molecular weight is 183 g/mol. The van der Waals surface area contributed by atoms with Gasteiger partial charge >= 0.3 is 0 Å². The number of ketones is 1. The van der Waals surface area contributed by atoms with Gasteiger partial charge in [0.05, 0.1) is 5.60 Å². The summed E-state index contributed by atoms with van der Waals surface area (Å²) in [6.45, 7) is 0.525. The zero-order chi connectivity index (χ0) is 9.53. The number of Topliss-reactive ketones (excluding diaryl/α,β-unsaturated/α-hetero) is 1. The van der Waals surface area contributed by atoms with Crippen LogP contribution >= 0.6 is 0 Å². The highest BCUT2D eigenvalue weighted by atomic mass is 16.3. The summed E-state index contributed by atoms with van der Waals surface area (Å²) in [7, 11) is 0. The average Bonchev–Trinajstić information content (AvgIpc) is 2.83. The van der Waals surface area contributed by atoms with Crippen molar-refractivity contribution in [2.24, 2.45) is 11.1 Å². The Morgan fingerprint density at radius 2 is 2.08 bits per heavy atom. The maximum absolute atomic E-state index is 11.3. The molecule has 0 aromatic carbocycles. The van der Waals surface area contributed by atoms with Gasteiger partial charge in [0.2, 0.25) is 0 Å². The van der Waals surface area contributed by atoms with Crippen molar-refractivity contribution in [2.75, 3.05) is 6.54 Å². The van der Waals surface area contributed by atoms with E-state index in [1.165, 1.54) is 0 Å². The predicted octanol–water partition coefficient (Wildman–Crippen LogP) is 0.599. The number of nitrogens with two attached hydrogens (primary N) is 1. The van der Waals surface area contributed by atoms with E-state index in [0.29, 0.717) is 19.4 Å². The number of hydrogen-bond acceptors (Lipinski definition) is 3. The molecule has 74 valence electrons. The normalized spacial score (nSPS) is 37.5. The quantitative estimate of drug-likeness (QED) is 0.659. The highest BCUT2D eigenvalue weighted by Crippen LogP contribution is 2.57. The molecule has 0 amide bonds. The van der Waals surface area contributed by atoms with E-state index in [9.17, 15) is 9.90 Å². The van der Waals surface area contributed by atoms with Crippen LogP contribution in [0.25, 0.3) is 0 Å². The van der Waals surface area contributed by atoms with E-state index in [2.05, 4.69) is 0 Å². The van der Waals surface area contributed by atoms with Gasteiger partial charge in [-0.2, -0.15) is 0 Å². The van der Waals surface area contributed by atoms with Crippen LogP contribution < -0.4 is 5.73 Å². The van der Waals surface area contributed by atoms with Crippen molar-refractivity contribution in [1.29, 1.82) is 0 Å². The smallest absolute Gasteiger partial charge is 0.135 e. The van der Waals surface area contributed by atoms with Gasteiger partial charge in [-0.3, -0.25) is 4.79 Å². The lowest BCUT2D eigenvalue weighted by Gasteiger charge is -2.38. The molecule has 0 heterocycles. The number of carbonyl (C=O) groups excluding carboxylic acids is 1. The molecule has 2 aliphatic carbocycles. The minimum Gasteiger partial charge on any atom is -0.389 e. The third kappa shape index (κ3) is 1.30. The van der Waals surface area contributed by atoms with Crippen LogP contribution in [0.2, 0.25) is 0 Å². The van der Waals surface area contributed by atoms with Gasteiger partial charge in [-0.1, -0.05) is 0 Å². The van der Waals surface area contributed by atoms with Crippen LogP contribution in [-0.4, -0.2) is 23.0 Å². The molecule has 0 bridgehead atoms. The molecule has 0 aromatic heterocycles. The maximum atomic E-state index is 11.3. The second-order valence-electron chi connectivity index (χ2n) is 4.59. The van der Waals surface area contributed by atoms with E-state index in [4.69, 9.17) is 5.73 Å². The molecule has 1 atom stereocenters. The Balaban J connectivity index is 2.14. The van der Waals surface area contributed by atoms with Gasteiger partial charge in [-0.05, 0) is 25.7 Å². The highest BCUT2D eigenvalue weighted by molar-refractivity contribution is 5.80. The predicted molar refractivity (Wildman–Crippen MR) is 49.1 cm³/mol. The molecule has 0 aromatic rings. The Bertz CT molecular complexity index is 235. The first-order valence-electron chi connectivity index (χ1n) is 5.06. The fourth-order valence-corrected chi connectivity index (χ4v) is 2.54. The Hall–Kier alpha value is -0.410. The summed E-state index contributed by atoms with van der Waals surface area (Å²) in [6, 6.07) is 0. The lowest BCUT2D eigenvalue weighted by atomic mass is 9.73. The second-order valence-corrected chi connectivity index (χ2v) is 4.59. The van der Waals surface area contributed by atoms with Gasteiger partial charge in [0, 0.05) is 24.8 Å². The Morgan fingerprint density at radius 3 is 2.54 bits per heavy atom. The molecule has 3 N–H and O–H groups in total. The Kier molecular flexibility index (Phi) is 1.96. The molecule has 3 heteroatoms. The van der Waals surface area contributed by atoms with Crippen molar-refractivity contribution >= 4 is 5.78 Å². The number of carbonyl (C=O) groups is 1. The molecule has 0 aliphatic heterocycles. The van der Waals surface area contributed by atoms with E-state index in [-0.39, 0.29) is 11.2 Å². The molecular weight excluding hydrogens is 166 g/mol. The molecule has 2 aliphatic rings. The molecule has 2 saturated carbocycles. The van der Waals surface area contributed by atoms with Crippen molar-refractivity contribution in [3.05, 3.63) is 0 Å². The molecule has 0 spiro atoms. The van der Waals surface area contributed by atoms with E-state index < -0.39 is 5.60 Å². The first-order chi connectivity index (χ1) is 6.12. The summed E-state index contributed by atoms with van der Waals surface area (Å²) >= 11 is 0. The Morgan fingerprint density at radius 1 is 1.38 bits per heavy atom. The van der Waals surface area contributed by atoms with Crippen LogP contribution in [0.1, 0.15) is 38.5 Å². The number of aliphatic hydroxyl groups is 1. The van der Waals surface area contributed by atoms with Crippen LogP contribution in [0.15, 0.2) is 0 Å². The SMILES string of the molecule is NCC1(C2(O)CCCC(=O)C2)CC1. The van der Waals surface area contributed by atoms with Crippen molar-refractivity contribution in [3.63, 3.8) is 0 Å². The minimum atomic E-state index is -0.767. The van der Waals surface area contributed by atoms with Gasteiger partial charge in [0.25, 0.3) is 0 Å². The molecule has 2 rings (SSSR count). The van der Waals surface area contributed by atoms with Crippen LogP contribution in [0.5, 0.6) is 0 Å². The highest BCUT2D eigenvalue weighted by Gasteiger charge is 2.58. The van der Waals surface area contributed by atoms with E-state index in [0.717, 1.165) is 25.7 Å². The fourth-order valence-electron chi connectivity index (χ4n) is 2.54. The van der Waals surface area contributed by atoms with Crippen molar-refractivity contribution < 1.29 is 9.90 Å². The number of hydrogen-bond donors (Lipinski definition) is 2. The first kappa shape index (κ1) is 9.16. The summed E-state index contributed by atoms with van der Waals surface area (Å²) in [4.78, 5) is 11.3. The standard InChI is InChI=1S/C10H17NO2/c11-7-9(4-5-9)10(13)3-1-2-8(12)6-10/h13H,1-7,11H2. The number of rotatable bonds is 2. The van der Waals surface area contributed by atoms with Gasteiger partial charge in [-0.25, -0.2) is 0 Å². The van der Waals surface area contributed by atoms with E-state index >= 15 is 0 Å². The second kappa shape index (κ2) is 2.79. The van der Waals surface area contributed by atoms with Crippen LogP contribution in [-0.2, 0) is 4.79 Å². The van der Waals surface area contributed by atoms with Crippen molar-refractivity contribution in [1.82, 2.24) is 0 Å². The lowest BCUT2D eigenvalue weighted by molar-refractivity contribution is -0.133. The first-order valence-corrected chi connectivity index (χ1v) is 5.06. The van der Waals surface area contributed by atoms with Crippen LogP contribution in [0, 0.1) is 5.41 Å². The van der Waals surface area contributed by atoms with E-state index in [1.807, 2.05) is 0 Å². The van der Waals surface area contributed by atoms with Crippen molar-refractivity contribution in [2.45, 2.75) is 44.1 Å². The molecule has 2 fully saturated rings. The van der Waals surface area contributed by atoms with E-state index in [1.54, 1.807) is 0 Å². The van der Waals surface area contributed by atoms with Gasteiger partial charge in [0.15, 0.2) is 0 Å². The molecule has 0 radical (unpaired) electrons. The summed E-state index contributed by atoms with van der Waals surface area (Å²) in [5.74, 6) is 0.202. The molecule has 1 unspecified atom stereocenters. The van der Waals surface area contributed by atoms with Gasteiger partial charge in [-0.15, -0.1) is 0 Å². The van der Waals surface area contributed by atoms with Crippen molar-refractivity contribution in [3.8, 4) is 0 Å². The third-order valence-corrected chi connectivity index (χ3v) is 3.77. The van der Waals surface area contributed by atoms with Gasteiger partial charge in [0.1, 0.15) is 5.78 Å². The third-order valence-electron chi connectivity index (χ3n) is 3.77. The zero-order valence-corrected chi connectivity index (χ0v) is 7.88. The molecule has 13 heavy (non-hydrogen) atoms. The summed E-state index contributed by atoms with van der Waals surface area (Å²) in [5.41, 5.74) is 4.78. The molecule has 3 nitrogen and oxygen atoms in total. The minimum absolute atomic E-state index is 0.108. The Labute approximate surface area is 78.3 Å². The largest absolute Gasteiger partial charge is 0.389 e. The summed E-state index contributed by atoms with van der Waals surface area (Å²) in [5, 5.41) is 10.3. The summed E-state index contributed by atoms with van der Waals surface area (Å²) < 4.78 is 0. The maximum Gasteiger partial charge on any atom is 0.135 e. The monoisotopic (exact) mass is 183 g/mol. The van der Waals surface area contributed by atoms with Crippen LogP contribution in [0.3, 0.4) is 0 Å².